The van der Waals surface area contributed by atoms with Gasteiger partial charge in [-0.25, -0.2) is 4.79 Å². The van der Waals surface area contributed by atoms with Gasteiger partial charge >= 0.3 is 6.09 Å². The number of hydrogen-bond acceptors (Lipinski definition) is 6. The Morgan fingerprint density at radius 3 is 2.26 bits per heavy atom. The molecule has 2 unspecified atom stereocenters. The molecule has 2 atom stereocenters. The Balaban J connectivity index is 1.86. The normalized spacial score (nSPS) is 27.9. The fourth-order valence-electron chi connectivity index (χ4n) is 3.95. The predicted octanol–water partition coefficient (Wildman–Crippen LogP) is 2.69. The van der Waals surface area contributed by atoms with Crippen LogP contribution in [-0.4, -0.2) is 61.2 Å². The Hall–Kier alpha value is -1.99. The molecule has 2 aliphatic heterocycles. The quantitative estimate of drug-likeness (QED) is 0.870. The van der Waals surface area contributed by atoms with E-state index in [1.165, 1.54) is 0 Å². The first-order chi connectivity index (χ1) is 12.7. The summed E-state index contributed by atoms with van der Waals surface area (Å²) in [6.07, 6.45) is 0.395. The van der Waals surface area contributed by atoms with Crippen LogP contribution in [0.3, 0.4) is 0 Å². The molecule has 1 aromatic carbocycles. The van der Waals surface area contributed by atoms with Crippen LogP contribution < -0.4 is 9.47 Å². The minimum absolute atomic E-state index is 0.245. The van der Waals surface area contributed by atoms with Gasteiger partial charge in [-0.15, -0.1) is 0 Å². The second-order valence-corrected chi connectivity index (χ2v) is 8.24. The first kappa shape index (κ1) is 19.8. The average molecular weight is 379 g/mol. The molecule has 2 heterocycles. The van der Waals surface area contributed by atoms with Crippen molar-refractivity contribution >= 4 is 6.09 Å². The van der Waals surface area contributed by atoms with E-state index >= 15 is 0 Å². The molecule has 150 valence electrons. The topological polar surface area (TPSA) is 77.5 Å². The lowest BCUT2D eigenvalue weighted by molar-refractivity contribution is -0.141. The zero-order valence-corrected chi connectivity index (χ0v) is 16.7. The summed E-state index contributed by atoms with van der Waals surface area (Å²) in [7, 11) is 3.15. The van der Waals surface area contributed by atoms with Crippen molar-refractivity contribution < 1.29 is 28.8 Å². The zero-order chi connectivity index (χ0) is 19.8. The third kappa shape index (κ3) is 3.99. The molecular formula is C20H29NO6. The average Bonchev–Trinajstić information content (AvgIpc) is 2.58. The summed E-state index contributed by atoms with van der Waals surface area (Å²) in [6.45, 7) is 6.31. The van der Waals surface area contributed by atoms with Crippen LogP contribution in [0.5, 0.6) is 11.5 Å². The third-order valence-electron chi connectivity index (χ3n) is 5.08. The van der Waals surface area contributed by atoms with E-state index in [9.17, 15) is 9.90 Å². The molecule has 27 heavy (non-hydrogen) atoms. The molecule has 2 aliphatic rings. The number of amides is 1. The van der Waals surface area contributed by atoms with Crippen LogP contribution >= 0.6 is 0 Å². The number of nitrogens with zero attached hydrogens (tertiary/aromatic N) is 1. The van der Waals surface area contributed by atoms with Gasteiger partial charge in [-0.05, 0) is 38.5 Å². The van der Waals surface area contributed by atoms with Gasteiger partial charge in [0.15, 0.2) is 11.5 Å². The summed E-state index contributed by atoms with van der Waals surface area (Å²) in [5, 5.41) is 11.4. The minimum atomic E-state index is -1.07. The number of piperidine rings is 1. The molecule has 0 radical (unpaired) electrons. The van der Waals surface area contributed by atoms with Crippen molar-refractivity contribution in [1.82, 2.24) is 4.90 Å². The maximum atomic E-state index is 12.7. The molecule has 1 N–H and O–H groups in total. The second-order valence-electron chi connectivity index (χ2n) is 8.24. The lowest BCUT2D eigenvalue weighted by Gasteiger charge is -2.51. The number of rotatable bonds is 3. The molecule has 7 nitrogen and oxygen atoms in total. The van der Waals surface area contributed by atoms with E-state index in [1.54, 1.807) is 31.3 Å². The Kier molecular flexibility index (Phi) is 5.27. The SMILES string of the molecule is COc1ccc(C2(O)CC3COCC(C2)N3C(=O)OC(C)(C)C)cc1OC. The van der Waals surface area contributed by atoms with Crippen LogP contribution in [0.15, 0.2) is 18.2 Å². The summed E-state index contributed by atoms with van der Waals surface area (Å²) in [4.78, 5) is 14.4. The number of morpholine rings is 1. The van der Waals surface area contributed by atoms with E-state index in [4.69, 9.17) is 18.9 Å². The van der Waals surface area contributed by atoms with Gasteiger partial charge in [0, 0.05) is 12.8 Å². The second kappa shape index (κ2) is 7.20. The van der Waals surface area contributed by atoms with Gasteiger partial charge in [0.05, 0.1) is 45.1 Å². The van der Waals surface area contributed by atoms with Crippen molar-refractivity contribution in [2.75, 3.05) is 27.4 Å². The van der Waals surface area contributed by atoms with E-state index < -0.39 is 11.2 Å². The molecule has 7 heteroatoms. The fraction of sp³-hybridized carbons (Fsp3) is 0.650. The number of carbonyl (C=O) groups excluding carboxylic acids is 1. The Morgan fingerprint density at radius 2 is 1.74 bits per heavy atom. The van der Waals surface area contributed by atoms with Gasteiger partial charge in [0.25, 0.3) is 0 Å². The largest absolute Gasteiger partial charge is 0.493 e. The van der Waals surface area contributed by atoms with Crippen molar-refractivity contribution in [3.05, 3.63) is 23.8 Å². The van der Waals surface area contributed by atoms with Crippen LogP contribution in [0, 0.1) is 0 Å². The van der Waals surface area contributed by atoms with Gasteiger partial charge in [-0.3, -0.25) is 4.90 Å². The van der Waals surface area contributed by atoms with E-state index in [2.05, 4.69) is 0 Å². The summed E-state index contributed by atoms with van der Waals surface area (Å²) in [5.74, 6) is 1.18. The van der Waals surface area contributed by atoms with Crippen molar-refractivity contribution in [3.63, 3.8) is 0 Å². The third-order valence-corrected chi connectivity index (χ3v) is 5.08. The molecule has 0 saturated carbocycles. The molecule has 2 saturated heterocycles. The summed E-state index contributed by atoms with van der Waals surface area (Å²) in [6, 6.07) is 4.95. The van der Waals surface area contributed by atoms with Crippen molar-refractivity contribution in [2.24, 2.45) is 0 Å². The lowest BCUT2D eigenvalue weighted by Crippen LogP contribution is -2.63. The molecule has 1 aromatic rings. The van der Waals surface area contributed by atoms with Crippen LogP contribution in [0.25, 0.3) is 0 Å². The highest BCUT2D eigenvalue weighted by atomic mass is 16.6. The van der Waals surface area contributed by atoms with Crippen molar-refractivity contribution in [2.45, 2.75) is 56.9 Å². The number of carbonyl (C=O) groups is 1. The summed E-state index contributed by atoms with van der Waals surface area (Å²) < 4.78 is 21.9. The van der Waals surface area contributed by atoms with Gasteiger partial charge in [0.2, 0.25) is 0 Å². The van der Waals surface area contributed by atoms with Crippen LogP contribution in [-0.2, 0) is 15.1 Å². The standard InChI is InChI=1S/C20H29NO6/c1-19(2,3)27-18(22)21-14-9-20(23,10-15(21)12-26-11-14)13-6-7-16(24-4)17(8-13)25-5/h6-8,14-15,23H,9-12H2,1-5H3. The first-order valence-electron chi connectivity index (χ1n) is 9.21. The fourth-order valence-corrected chi connectivity index (χ4v) is 3.95. The lowest BCUT2D eigenvalue weighted by atomic mass is 9.77. The number of hydrogen-bond donors (Lipinski definition) is 1. The number of ether oxygens (including phenoxy) is 4. The molecule has 0 spiro atoms. The molecule has 1 amide bonds. The number of benzene rings is 1. The smallest absolute Gasteiger partial charge is 0.410 e. The molecule has 2 fully saturated rings. The maximum absolute atomic E-state index is 12.7. The van der Waals surface area contributed by atoms with Gasteiger partial charge in [0.1, 0.15) is 5.60 Å². The van der Waals surface area contributed by atoms with Crippen LogP contribution in [0.4, 0.5) is 4.79 Å². The number of methoxy groups -OCH3 is 2. The van der Waals surface area contributed by atoms with Gasteiger partial charge in [-0.1, -0.05) is 6.07 Å². The molecule has 3 rings (SSSR count). The predicted molar refractivity (Wildman–Crippen MR) is 99.1 cm³/mol. The first-order valence-corrected chi connectivity index (χ1v) is 9.21. The van der Waals surface area contributed by atoms with Gasteiger partial charge in [-0.2, -0.15) is 0 Å². The Bertz CT molecular complexity index is 684. The molecule has 0 aliphatic carbocycles. The Labute approximate surface area is 160 Å². The Morgan fingerprint density at radius 1 is 1.15 bits per heavy atom. The molecule has 0 aromatic heterocycles. The minimum Gasteiger partial charge on any atom is -0.493 e. The van der Waals surface area contributed by atoms with E-state index in [0.717, 1.165) is 5.56 Å². The van der Waals surface area contributed by atoms with E-state index in [0.29, 0.717) is 37.6 Å². The highest BCUT2D eigenvalue weighted by Crippen LogP contribution is 2.43. The van der Waals surface area contributed by atoms with Gasteiger partial charge < -0.3 is 24.1 Å². The molecule has 2 bridgehead atoms. The highest BCUT2D eigenvalue weighted by Gasteiger charge is 2.50. The highest BCUT2D eigenvalue weighted by molar-refractivity contribution is 5.69. The van der Waals surface area contributed by atoms with Crippen molar-refractivity contribution in [1.29, 1.82) is 0 Å². The van der Waals surface area contributed by atoms with E-state index in [-0.39, 0.29) is 18.2 Å². The monoisotopic (exact) mass is 379 g/mol. The summed E-state index contributed by atoms with van der Waals surface area (Å²) >= 11 is 0. The summed E-state index contributed by atoms with van der Waals surface area (Å²) in [5.41, 5.74) is -0.888. The van der Waals surface area contributed by atoms with Crippen molar-refractivity contribution in [3.8, 4) is 11.5 Å². The van der Waals surface area contributed by atoms with Crippen LogP contribution in [0.1, 0.15) is 39.2 Å². The maximum Gasteiger partial charge on any atom is 0.410 e. The number of aliphatic hydroxyl groups is 1. The zero-order valence-electron chi connectivity index (χ0n) is 16.7. The van der Waals surface area contributed by atoms with E-state index in [1.807, 2.05) is 26.8 Å². The van der Waals surface area contributed by atoms with Crippen LogP contribution in [0.2, 0.25) is 0 Å². The molecular weight excluding hydrogens is 350 g/mol. The number of fused-ring (bicyclic) bond motifs is 2.